The molecule has 0 saturated carbocycles. The lowest BCUT2D eigenvalue weighted by Crippen LogP contribution is -2.59. The third kappa shape index (κ3) is 28.8. The summed E-state index contributed by atoms with van der Waals surface area (Å²) in [4.78, 5) is 25.3. The van der Waals surface area contributed by atoms with Crippen LogP contribution >= 0.6 is 0 Å². The van der Waals surface area contributed by atoms with Gasteiger partial charge in [0.15, 0.2) is 12.4 Å². The first kappa shape index (κ1) is 52.5. The van der Waals surface area contributed by atoms with Gasteiger partial charge in [0.1, 0.15) is 31.0 Å². The second kappa shape index (κ2) is 37.7. The predicted octanol–water partition coefficient (Wildman–Crippen LogP) is 9.95. The molecule has 10 nitrogen and oxygen atoms in total. The Morgan fingerprint density at radius 3 is 1.39 bits per heavy atom. The first-order chi connectivity index (χ1) is 27.3. The zero-order chi connectivity index (χ0) is 40.9. The van der Waals surface area contributed by atoms with Crippen molar-refractivity contribution >= 4 is 11.9 Å². The van der Waals surface area contributed by atoms with Crippen molar-refractivity contribution in [3.8, 4) is 0 Å². The van der Waals surface area contributed by atoms with Gasteiger partial charge in [0.05, 0.1) is 13.2 Å². The summed E-state index contributed by atoms with van der Waals surface area (Å²) in [7, 11) is 0. The molecule has 1 fully saturated rings. The van der Waals surface area contributed by atoms with Crippen molar-refractivity contribution in [1.29, 1.82) is 0 Å². The number of carbonyl (C=O) groups excluding carboxylic acids is 2. The highest BCUT2D eigenvalue weighted by Crippen LogP contribution is 2.23. The smallest absolute Gasteiger partial charge is 0.306 e. The highest BCUT2D eigenvalue weighted by Gasteiger charge is 2.44. The summed E-state index contributed by atoms with van der Waals surface area (Å²) in [5.74, 6) is -0.805. The molecule has 10 heteroatoms. The third-order valence-electron chi connectivity index (χ3n) is 10.9. The summed E-state index contributed by atoms with van der Waals surface area (Å²) >= 11 is 0. The van der Waals surface area contributed by atoms with Gasteiger partial charge in [0.2, 0.25) is 0 Å². The van der Waals surface area contributed by atoms with Crippen LogP contribution in [0.3, 0.4) is 0 Å². The standard InChI is InChI=1S/C46H86O10/c1-3-5-7-9-11-13-15-17-19-20-21-23-25-27-29-31-33-35-42(49)55-39(38-54-46-45(52)44(51)43(50)40(36-47)56-46)37-53-41(48)34-32-30-28-26-24-22-18-16-14-12-10-8-6-4-2/h16,18,39-40,43-47,50-52H,3-15,17,19-38H2,1-2H3/b18-16+/t39-,40-,43+,44?,45?,46-/m1/s1. The normalized spacial score (nSPS) is 20.4. The Bertz CT molecular complexity index is 928. The van der Waals surface area contributed by atoms with Crippen molar-refractivity contribution in [2.24, 2.45) is 0 Å². The van der Waals surface area contributed by atoms with Crippen molar-refractivity contribution in [2.75, 3.05) is 19.8 Å². The van der Waals surface area contributed by atoms with Crippen molar-refractivity contribution < 1.29 is 49.0 Å². The van der Waals surface area contributed by atoms with Gasteiger partial charge in [-0.05, 0) is 38.5 Å². The number of rotatable bonds is 39. The summed E-state index contributed by atoms with van der Waals surface area (Å²) in [6.45, 7) is 3.43. The van der Waals surface area contributed by atoms with E-state index in [1.165, 1.54) is 122 Å². The fourth-order valence-electron chi connectivity index (χ4n) is 7.18. The van der Waals surface area contributed by atoms with Crippen LogP contribution in [0.1, 0.15) is 213 Å². The van der Waals surface area contributed by atoms with E-state index >= 15 is 0 Å². The van der Waals surface area contributed by atoms with Crippen LogP contribution in [0.5, 0.6) is 0 Å². The quantitative estimate of drug-likeness (QED) is 0.0269. The van der Waals surface area contributed by atoms with Gasteiger partial charge in [-0.15, -0.1) is 0 Å². The minimum Gasteiger partial charge on any atom is -0.462 e. The molecule has 0 radical (unpaired) electrons. The molecule has 2 unspecified atom stereocenters. The molecule has 1 rings (SSSR count). The number of carbonyl (C=O) groups is 2. The maximum absolute atomic E-state index is 12.8. The molecule has 0 aliphatic carbocycles. The molecule has 0 aromatic rings. The molecule has 1 saturated heterocycles. The topological polar surface area (TPSA) is 152 Å². The lowest BCUT2D eigenvalue weighted by molar-refractivity contribution is -0.305. The fourth-order valence-corrected chi connectivity index (χ4v) is 7.18. The van der Waals surface area contributed by atoms with Crippen LogP contribution in [0.25, 0.3) is 0 Å². The van der Waals surface area contributed by atoms with Crippen molar-refractivity contribution in [2.45, 2.75) is 250 Å². The Kier molecular flexibility index (Phi) is 35.3. The summed E-state index contributed by atoms with van der Waals surface area (Å²) in [6.07, 6.45) is 32.1. The number of aliphatic hydroxyl groups is 4. The molecule has 0 bridgehead atoms. The maximum Gasteiger partial charge on any atom is 0.306 e. The van der Waals surface area contributed by atoms with E-state index in [-0.39, 0.29) is 32.0 Å². The van der Waals surface area contributed by atoms with Crippen LogP contribution in [0.2, 0.25) is 0 Å². The lowest BCUT2D eigenvalue weighted by Gasteiger charge is -2.39. The monoisotopic (exact) mass is 799 g/mol. The van der Waals surface area contributed by atoms with E-state index in [1.54, 1.807) is 0 Å². The zero-order valence-electron chi connectivity index (χ0n) is 35.9. The Morgan fingerprint density at radius 1 is 0.536 bits per heavy atom. The molecular formula is C46H86O10. The molecule has 0 aromatic heterocycles. The van der Waals surface area contributed by atoms with Crippen molar-refractivity contribution in [3.05, 3.63) is 12.2 Å². The van der Waals surface area contributed by atoms with Gasteiger partial charge < -0.3 is 39.4 Å². The summed E-state index contributed by atoms with van der Waals surface area (Å²) in [5.41, 5.74) is 0. The number of hydrogen-bond donors (Lipinski definition) is 4. The number of allylic oxidation sites excluding steroid dienone is 2. The van der Waals surface area contributed by atoms with E-state index in [0.29, 0.717) is 6.42 Å². The van der Waals surface area contributed by atoms with Crippen LogP contribution < -0.4 is 0 Å². The zero-order valence-corrected chi connectivity index (χ0v) is 35.9. The minimum absolute atomic E-state index is 0.216. The molecule has 6 atom stereocenters. The van der Waals surface area contributed by atoms with E-state index < -0.39 is 49.4 Å². The summed E-state index contributed by atoms with van der Waals surface area (Å²) in [5, 5.41) is 40.1. The number of ether oxygens (including phenoxy) is 4. The highest BCUT2D eigenvalue weighted by atomic mass is 16.7. The van der Waals surface area contributed by atoms with Gasteiger partial charge in [-0.3, -0.25) is 9.59 Å². The maximum atomic E-state index is 12.8. The molecule has 330 valence electrons. The summed E-state index contributed by atoms with van der Waals surface area (Å²) < 4.78 is 22.2. The van der Waals surface area contributed by atoms with E-state index in [1.807, 2.05) is 0 Å². The van der Waals surface area contributed by atoms with Crippen LogP contribution in [-0.4, -0.2) is 89.0 Å². The molecule has 0 spiro atoms. The van der Waals surface area contributed by atoms with Crippen LogP contribution in [0.15, 0.2) is 12.2 Å². The summed E-state index contributed by atoms with van der Waals surface area (Å²) in [6, 6.07) is 0. The number of hydrogen-bond acceptors (Lipinski definition) is 10. The largest absolute Gasteiger partial charge is 0.462 e. The van der Waals surface area contributed by atoms with Crippen LogP contribution in [-0.2, 0) is 28.5 Å². The van der Waals surface area contributed by atoms with Gasteiger partial charge in [-0.2, -0.15) is 0 Å². The lowest BCUT2D eigenvalue weighted by atomic mass is 9.99. The molecule has 1 aliphatic heterocycles. The molecule has 0 amide bonds. The minimum atomic E-state index is -1.59. The molecular weight excluding hydrogens is 712 g/mol. The Hall–Kier alpha value is -1.56. The molecule has 1 heterocycles. The fraction of sp³-hybridized carbons (Fsp3) is 0.913. The van der Waals surface area contributed by atoms with Gasteiger partial charge in [0.25, 0.3) is 0 Å². The van der Waals surface area contributed by atoms with E-state index in [2.05, 4.69) is 26.0 Å². The van der Waals surface area contributed by atoms with Crippen LogP contribution in [0, 0.1) is 0 Å². The Labute approximate surface area is 341 Å². The molecule has 4 N–H and O–H groups in total. The van der Waals surface area contributed by atoms with Crippen molar-refractivity contribution in [3.63, 3.8) is 0 Å². The molecule has 0 aromatic carbocycles. The van der Waals surface area contributed by atoms with E-state index in [4.69, 9.17) is 18.9 Å². The van der Waals surface area contributed by atoms with Gasteiger partial charge in [0, 0.05) is 12.8 Å². The second-order valence-electron chi connectivity index (χ2n) is 16.2. The molecule has 1 aliphatic rings. The number of esters is 2. The van der Waals surface area contributed by atoms with Gasteiger partial charge in [-0.1, -0.05) is 174 Å². The average Bonchev–Trinajstić information content (AvgIpc) is 3.19. The van der Waals surface area contributed by atoms with Crippen molar-refractivity contribution in [1.82, 2.24) is 0 Å². The third-order valence-corrected chi connectivity index (χ3v) is 10.9. The Morgan fingerprint density at radius 2 is 0.946 bits per heavy atom. The SMILES string of the molecule is CCCCCCC/C=C/CCCCCCCC(=O)OC[C@H](CO[C@@H]1O[C@H](CO)[C@H](O)C(O)C1O)OC(=O)CCCCCCCCCCCCCCCCCCC. The first-order valence-corrected chi connectivity index (χ1v) is 23.3. The number of aliphatic hydroxyl groups excluding tert-OH is 4. The second-order valence-corrected chi connectivity index (χ2v) is 16.2. The highest BCUT2D eigenvalue weighted by molar-refractivity contribution is 5.70. The van der Waals surface area contributed by atoms with Crippen LogP contribution in [0.4, 0.5) is 0 Å². The predicted molar refractivity (Wildman–Crippen MR) is 224 cm³/mol. The molecule has 56 heavy (non-hydrogen) atoms. The van der Waals surface area contributed by atoms with Gasteiger partial charge in [-0.25, -0.2) is 0 Å². The van der Waals surface area contributed by atoms with E-state index in [0.717, 1.165) is 57.8 Å². The number of unbranched alkanes of at least 4 members (excludes halogenated alkanes) is 26. The Balaban J connectivity index is 2.31. The first-order valence-electron chi connectivity index (χ1n) is 23.3. The average molecular weight is 799 g/mol. The van der Waals surface area contributed by atoms with E-state index in [9.17, 15) is 30.0 Å². The van der Waals surface area contributed by atoms with Gasteiger partial charge >= 0.3 is 11.9 Å².